The smallest absolute Gasteiger partial charge is 0.262 e. The van der Waals surface area contributed by atoms with Crippen molar-refractivity contribution in [2.75, 3.05) is 30.3 Å². The van der Waals surface area contributed by atoms with Gasteiger partial charge in [0.1, 0.15) is 35.4 Å². The van der Waals surface area contributed by atoms with Crippen LogP contribution >= 0.6 is 0 Å². The fraction of sp³-hybridized carbons (Fsp3) is 0.357. The van der Waals surface area contributed by atoms with Crippen molar-refractivity contribution < 1.29 is 23.9 Å². The van der Waals surface area contributed by atoms with Crippen LogP contribution < -0.4 is 20.7 Å². The summed E-state index contributed by atoms with van der Waals surface area (Å²) in [5, 5.41) is 8.16. The Hall–Kier alpha value is -6.15. The van der Waals surface area contributed by atoms with Crippen molar-refractivity contribution >= 4 is 46.2 Å². The minimum Gasteiger partial charge on any atom is -0.457 e. The summed E-state index contributed by atoms with van der Waals surface area (Å²) < 4.78 is 8.08. The Balaban J connectivity index is 0.777. The number of anilines is 2. The zero-order chi connectivity index (χ0) is 38.1. The molecule has 4 amide bonds. The molecule has 284 valence electrons. The molecular weight excluding hydrogens is 711 g/mol. The second-order valence-electron chi connectivity index (χ2n) is 15.7. The Morgan fingerprint density at radius 3 is 2.30 bits per heavy atom. The summed E-state index contributed by atoms with van der Waals surface area (Å²) in [6, 6.07) is 23.0. The lowest BCUT2D eigenvalue weighted by Crippen LogP contribution is -2.54. The van der Waals surface area contributed by atoms with Crippen LogP contribution in [0.15, 0.2) is 79.1 Å². The molecule has 3 N–H and O–H groups in total. The van der Waals surface area contributed by atoms with Crippen molar-refractivity contribution in [1.29, 1.82) is 0 Å². The molecule has 0 radical (unpaired) electrons. The Kier molecular flexibility index (Phi) is 8.31. The van der Waals surface area contributed by atoms with Crippen LogP contribution in [0.4, 0.5) is 11.5 Å². The minimum atomic E-state index is -0.969. The minimum absolute atomic E-state index is 0.0970. The van der Waals surface area contributed by atoms with Crippen LogP contribution in [-0.4, -0.2) is 90.9 Å². The monoisotopic (exact) mass is 751 g/mol. The van der Waals surface area contributed by atoms with E-state index < -0.39 is 23.8 Å². The van der Waals surface area contributed by atoms with Gasteiger partial charge in [0.15, 0.2) is 5.65 Å². The lowest BCUT2D eigenvalue weighted by molar-refractivity contribution is -0.136. The number of carbonyl (C=O) groups excluding carboxylic acids is 4. The van der Waals surface area contributed by atoms with Crippen molar-refractivity contribution in [2.45, 2.75) is 69.1 Å². The Labute approximate surface area is 322 Å². The van der Waals surface area contributed by atoms with Crippen LogP contribution in [0.3, 0.4) is 0 Å². The number of aromatic nitrogens is 4. The van der Waals surface area contributed by atoms with Crippen LogP contribution in [0, 0.1) is 5.92 Å². The van der Waals surface area contributed by atoms with Gasteiger partial charge in [-0.3, -0.25) is 34.3 Å². The third-order valence-corrected chi connectivity index (χ3v) is 12.4. The largest absolute Gasteiger partial charge is 0.457 e. The molecule has 4 aliphatic heterocycles. The molecule has 5 aliphatic rings. The number of rotatable bonds is 8. The van der Waals surface area contributed by atoms with Crippen molar-refractivity contribution in [3.05, 3.63) is 90.3 Å². The van der Waals surface area contributed by atoms with Crippen LogP contribution in [0.1, 0.15) is 71.7 Å². The van der Waals surface area contributed by atoms with E-state index in [4.69, 9.17) is 15.6 Å². The van der Waals surface area contributed by atoms with E-state index in [1.165, 1.54) is 6.33 Å². The highest BCUT2D eigenvalue weighted by Crippen LogP contribution is 2.41. The standard InChI is InChI=1S/C42H41N9O5/c43-38-36-37(25-8-13-31(14-9-25)56-30-4-2-1-3-5-30)47-51(39(36)45-23-44-38)26-10-6-24(7-11-26)20-48-21-29-18-28(48)22-49(29)27-12-15-32-33(19-27)42(55)50(41(32)54)34-16-17-35(52)46-40(34)53/h1-5,8-9,12-15,19,23-24,26,28-29,34H,6-7,10-11,16-18,20-22H2,(H2,43,44,45)(H,46,52,53)/t24?,26?,28-,29-,34?/m0/s1. The van der Waals surface area contributed by atoms with Crippen LogP contribution in [0.5, 0.6) is 11.5 Å². The molecule has 3 atom stereocenters. The summed E-state index contributed by atoms with van der Waals surface area (Å²) in [6.45, 7) is 2.87. The zero-order valence-electron chi connectivity index (χ0n) is 30.7. The first-order valence-corrected chi connectivity index (χ1v) is 19.5. The SMILES string of the molecule is Nc1ncnc2c1c(-c1ccc(Oc3ccccc3)cc1)nn2C1CCC(CN2C[C@@H]3C[C@H]2CN3c2ccc3c(c2)C(=O)N(C2CCC(=O)NC2=O)C3=O)CC1. The molecular formula is C42H41N9O5. The molecule has 56 heavy (non-hydrogen) atoms. The number of piperazine rings is 1. The summed E-state index contributed by atoms with van der Waals surface area (Å²) in [7, 11) is 0. The van der Waals surface area contributed by atoms with E-state index in [0.29, 0.717) is 34.9 Å². The highest BCUT2D eigenvalue weighted by Gasteiger charge is 2.47. The average molecular weight is 752 g/mol. The second-order valence-corrected chi connectivity index (χ2v) is 15.7. The summed E-state index contributed by atoms with van der Waals surface area (Å²) in [6.07, 6.45) is 7.00. The van der Waals surface area contributed by atoms with E-state index in [1.807, 2.05) is 66.7 Å². The molecule has 3 saturated heterocycles. The maximum absolute atomic E-state index is 13.4. The van der Waals surface area contributed by atoms with Gasteiger partial charge in [-0.25, -0.2) is 14.6 Å². The fourth-order valence-electron chi connectivity index (χ4n) is 9.59. The number of hydrogen-bond acceptors (Lipinski definition) is 11. The van der Waals surface area contributed by atoms with Gasteiger partial charge in [0, 0.05) is 49.4 Å². The van der Waals surface area contributed by atoms with E-state index in [0.717, 1.165) is 96.1 Å². The molecule has 0 spiro atoms. The number of imide groups is 2. The van der Waals surface area contributed by atoms with Gasteiger partial charge in [-0.15, -0.1) is 0 Å². The molecule has 1 saturated carbocycles. The van der Waals surface area contributed by atoms with E-state index >= 15 is 0 Å². The van der Waals surface area contributed by atoms with E-state index in [2.05, 4.69) is 29.8 Å². The topological polar surface area (TPSA) is 169 Å². The quantitative estimate of drug-likeness (QED) is 0.206. The number of nitrogens with two attached hydrogens (primary N) is 1. The number of benzene rings is 3. The molecule has 1 unspecified atom stereocenters. The van der Waals surface area contributed by atoms with Gasteiger partial charge in [0.25, 0.3) is 11.8 Å². The highest BCUT2D eigenvalue weighted by molar-refractivity contribution is 6.23. The number of para-hydroxylation sites is 1. The van der Waals surface area contributed by atoms with E-state index in [1.54, 1.807) is 6.07 Å². The molecule has 5 aromatic rings. The molecule has 3 aromatic carbocycles. The maximum Gasteiger partial charge on any atom is 0.262 e. The number of nitrogens with zero attached hydrogens (tertiary/aromatic N) is 7. The highest BCUT2D eigenvalue weighted by atomic mass is 16.5. The summed E-state index contributed by atoms with van der Waals surface area (Å²) >= 11 is 0. The predicted molar refractivity (Wildman–Crippen MR) is 207 cm³/mol. The Bertz CT molecular complexity index is 2390. The van der Waals surface area contributed by atoms with Crippen molar-refractivity contribution in [2.24, 2.45) is 5.92 Å². The van der Waals surface area contributed by atoms with Gasteiger partial charge in [-0.2, -0.15) is 5.10 Å². The number of piperidine rings is 1. The predicted octanol–water partition coefficient (Wildman–Crippen LogP) is 4.96. The Morgan fingerprint density at radius 2 is 1.55 bits per heavy atom. The number of hydrogen-bond donors (Lipinski definition) is 2. The number of amides is 4. The van der Waals surface area contributed by atoms with Gasteiger partial charge >= 0.3 is 0 Å². The lowest BCUT2D eigenvalue weighted by Gasteiger charge is -2.38. The first-order valence-electron chi connectivity index (χ1n) is 19.5. The molecule has 10 rings (SSSR count). The zero-order valence-corrected chi connectivity index (χ0v) is 30.7. The van der Waals surface area contributed by atoms with E-state index in [9.17, 15) is 19.2 Å². The molecule has 2 bridgehead atoms. The van der Waals surface area contributed by atoms with Gasteiger partial charge in [0.2, 0.25) is 11.8 Å². The lowest BCUT2D eigenvalue weighted by atomic mass is 9.85. The van der Waals surface area contributed by atoms with Crippen LogP contribution in [0.2, 0.25) is 0 Å². The maximum atomic E-state index is 13.4. The number of likely N-dealkylation sites (tertiary alicyclic amines) is 1. The fourth-order valence-corrected chi connectivity index (χ4v) is 9.59. The van der Waals surface area contributed by atoms with Gasteiger partial charge in [0.05, 0.1) is 22.6 Å². The number of carbonyl (C=O) groups is 4. The van der Waals surface area contributed by atoms with Gasteiger partial charge in [-0.05, 0) is 99.0 Å². The van der Waals surface area contributed by atoms with Gasteiger partial charge < -0.3 is 15.4 Å². The van der Waals surface area contributed by atoms with Gasteiger partial charge in [-0.1, -0.05) is 18.2 Å². The van der Waals surface area contributed by atoms with Crippen molar-refractivity contribution in [3.63, 3.8) is 0 Å². The molecule has 14 heteroatoms. The summed E-state index contributed by atoms with van der Waals surface area (Å²) in [5.74, 6) is 0.582. The molecule has 4 fully saturated rings. The molecule has 6 heterocycles. The molecule has 2 aromatic heterocycles. The number of nitrogens with one attached hydrogen (secondary N) is 1. The normalized spacial score (nSPS) is 25.0. The van der Waals surface area contributed by atoms with Crippen LogP contribution in [-0.2, 0) is 9.59 Å². The summed E-state index contributed by atoms with van der Waals surface area (Å²) in [4.78, 5) is 65.8. The second kappa shape index (κ2) is 13.6. The average Bonchev–Trinajstić information content (AvgIpc) is 3.98. The van der Waals surface area contributed by atoms with Crippen LogP contribution in [0.25, 0.3) is 22.3 Å². The number of nitrogen functional groups attached to an aromatic ring is 1. The van der Waals surface area contributed by atoms with E-state index in [-0.39, 0.29) is 24.8 Å². The first-order chi connectivity index (χ1) is 27.3. The molecule has 1 aliphatic carbocycles. The number of fused-ring (bicyclic) bond motifs is 4. The third-order valence-electron chi connectivity index (χ3n) is 12.4. The summed E-state index contributed by atoms with van der Waals surface area (Å²) in [5.41, 5.74) is 10.5. The van der Waals surface area contributed by atoms with Crippen molar-refractivity contribution in [1.82, 2.24) is 34.9 Å². The van der Waals surface area contributed by atoms with Crippen molar-refractivity contribution in [3.8, 4) is 22.8 Å². The Morgan fingerprint density at radius 1 is 0.786 bits per heavy atom. The number of ether oxygens (including phenoxy) is 1. The first kappa shape index (κ1) is 34.3. The third kappa shape index (κ3) is 5.86. The molecule has 14 nitrogen and oxygen atoms in total.